The molecule has 3 aromatic carbocycles. The molecule has 0 spiro atoms. The molecule has 0 unspecified atom stereocenters. The molecule has 1 aromatic heterocycles. The van der Waals surface area contributed by atoms with Gasteiger partial charge in [0.05, 0.1) is 11.1 Å². The fourth-order valence-electron chi connectivity index (χ4n) is 3.13. The summed E-state index contributed by atoms with van der Waals surface area (Å²) in [6.45, 7) is 0. The largest absolute Gasteiger partial charge is 0.416 e. The van der Waals surface area contributed by atoms with Crippen molar-refractivity contribution in [2.75, 3.05) is 0 Å². The van der Waals surface area contributed by atoms with Crippen LogP contribution in [0.4, 0.5) is 26.3 Å². The van der Waals surface area contributed by atoms with Crippen LogP contribution in [-0.4, -0.2) is 0 Å². The van der Waals surface area contributed by atoms with E-state index in [1.807, 2.05) is 12.1 Å². The van der Waals surface area contributed by atoms with E-state index in [1.54, 1.807) is 12.1 Å². The van der Waals surface area contributed by atoms with Gasteiger partial charge in [0, 0.05) is 25.7 Å². The number of benzene rings is 3. The summed E-state index contributed by atoms with van der Waals surface area (Å²) < 4.78 is 81.1. The molecule has 1 heterocycles. The first kappa shape index (κ1) is 19.3. The number of halogens is 7. The number of alkyl halides is 6. The van der Waals surface area contributed by atoms with E-state index in [-0.39, 0.29) is 10.8 Å². The quantitative estimate of drug-likeness (QED) is 0.191. The van der Waals surface area contributed by atoms with Crippen LogP contribution >= 0.6 is 26.4 Å². The van der Waals surface area contributed by atoms with Gasteiger partial charge in [-0.2, -0.15) is 26.3 Å². The van der Waals surface area contributed by atoms with Crippen LogP contribution in [0.2, 0.25) is 0 Å². The number of fused-ring (bicyclic) bond motifs is 3. The third-order valence-electron chi connectivity index (χ3n) is 4.39. The molecule has 0 aliphatic rings. The zero-order valence-electron chi connectivity index (χ0n) is 13.8. The Morgan fingerprint density at radius 2 is 1.04 bits per heavy atom. The Bertz CT molecular complexity index is 1110. The maximum Gasteiger partial charge on any atom is 0.416 e. The van der Waals surface area contributed by atoms with Gasteiger partial charge in [-0.3, -0.25) is 0 Å². The highest BCUT2D eigenvalue weighted by molar-refractivity contribution is 9.10. The number of thiophene rings is 1. The third-order valence-corrected chi connectivity index (χ3v) is 7.26. The minimum absolute atomic E-state index is 0.196. The molecule has 0 saturated heterocycles. The Labute approximate surface area is 166 Å². The van der Waals surface area contributed by atoms with Crippen molar-refractivity contribution in [1.29, 1.82) is 0 Å². The molecule has 0 nitrogen and oxygen atoms in total. The summed E-state index contributed by atoms with van der Waals surface area (Å²) in [6.07, 6.45) is -9.15. The van der Waals surface area contributed by atoms with E-state index in [2.05, 4.69) is 15.9 Å². The van der Waals surface area contributed by atoms with Gasteiger partial charge >= 0.3 is 12.4 Å². The predicted octanol–water partition coefficient (Wildman–Crippen LogP) is 8.53. The second-order valence-corrected chi connectivity index (χ2v) is 9.06. The molecule has 0 radical (unpaired) electrons. The molecule has 0 atom stereocenters. The molecule has 0 bridgehead atoms. The van der Waals surface area contributed by atoms with Gasteiger partial charge in [0.1, 0.15) is 0 Å². The maximum atomic E-state index is 13.2. The van der Waals surface area contributed by atoms with E-state index in [0.29, 0.717) is 9.40 Å². The second-order valence-electron chi connectivity index (χ2n) is 6.18. The number of hydrogen-bond acceptors (Lipinski definition) is 0. The van der Waals surface area contributed by atoms with Crippen LogP contribution in [-0.2, 0) is 12.4 Å². The van der Waals surface area contributed by atoms with Gasteiger partial charge in [0.2, 0.25) is 0 Å². The highest BCUT2D eigenvalue weighted by Crippen LogP contribution is 2.50. The molecular weight excluding hydrogens is 466 g/mol. The van der Waals surface area contributed by atoms with E-state index in [0.717, 1.165) is 33.6 Å². The van der Waals surface area contributed by atoms with Gasteiger partial charge in [-0.1, -0.05) is 15.9 Å². The molecule has 0 saturated carbocycles. The summed E-state index contributed by atoms with van der Waals surface area (Å²) in [5.74, 6) is 0. The topological polar surface area (TPSA) is 0 Å². The van der Waals surface area contributed by atoms with Gasteiger partial charge in [-0.15, -0.1) is 0 Å². The summed E-state index contributed by atoms with van der Waals surface area (Å²) in [5.41, 5.74) is -1.76. The maximum absolute atomic E-state index is 13.2. The monoisotopic (exact) mass is 475 g/mol. The predicted molar refractivity (Wildman–Crippen MR) is 103 cm³/mol. The van der Waals surface area contributed by atoms with E-state index < -0.39 is 33.9 Å². The lowest BCUT2D eigenvalue weighted by Gasteiger charge is -2.06. The van der Waals surface area contributed by atoms with Crippen molar-refractivity contribution in [3.05, 3.63) is 76.3 Å². The van der Waals surface area contributed by atoms with E-state index in [4.69, 9.17) is 0 Å². The van der Waals surface area contributed by atoms with Gasteiger partial charge in [-0.25, -0.2) is 0 Å². The summed E-state index contributed by atoms with van der Waals surface area (Å²) in [7, 11) is -0.774. The van der Waals surface area contributed by atoms with Gasteiger partial charge in [-0.05, 0) is 60.7 Å². The molecule has 0 fully saturated rings. The molecule has 28 heavy (non-hydrogen) atoms. The van der Waals surface area contributed by atoms with Crippen LogP contribution in [0.15, 0.2) is 65.1 Å². The van der Waals surface area contributed by atoms with Crippen LogP contribution in [0.5, 0.6) is 0 Å². The average Bonchev–Trinajstić information content (AvgIpc) is 2.94. The Hall–Kier alpha value is -2.06. The molecule has 4 aromatic rings. The van der Waals surface area contributed by atoms with Gasteiger partial charge in [0.25, 0.3) is 0 Å². The number of rotatable bonds is 1. The third kappa shape index (κ3) is 3.28. The first-order valence-electron chi connectivity index (χ1n) is 7.98. The molecule has 0 aliphatic carbocycles. The molecule has 8 heteroatoms. The van der Waals surface area contributed by atoms with E-state index >= 15 is 0 Å². The second kappa shape index (κ2) is 6.49. The summed E-state index contributed by atoms with van der Waals surface area (Å²) in [5, 5.41) is 0.393. The van der Waals surface area contributed by atoms with Crippen molar-refractivity contribution in [3.63, 3.8) is 0 Å². The zero-order valence-corrected chi connectivity index (χ0v) is 16.2. The molecule has 144 valence electrons. The molecule has 0 aliphatic heterocycles. The minimum Gasteiger partial charge on any atom is -0.166 e. The lowest BCUT2D eigenvalue weighted by Crippen LogP contribution is -2.04. The van der Waals surface area contributed by atoms with Crippen LogP contribution in [0.25, 0.3) is 25.1 Å². The van der Waals surface area contributed by atoms with Gasteiger partial charge in [0.15, 0.2) is 14.3 Å². The van der Waals surface area contributed by atoms with Crippen LogP contribution in [0, 0.1) is 0 Å². The minimum atomic E-state index is -4.57. The van der Waals surface area contributed by atoms with Crippen LogP contribution in [0.1, 0.15) is 11.1 Å². The van der Waals surface area contributed by atoms with Gasteiger partial charge < -0.3 is 0 Å². The van der Waals surface area contributed by atoms with Crippen molar-refractivity contribution in [2.24, 2.45) is 0 Å². The highest BCUT2D eigenvalue weighted by atomic mass is 79.9. The van der Waals surface area contributed by atoms with Crippen molar-refractivity contribution >= 4 is 46.6 Å². The fraction of sp³-hybridized carbons (Fsp3) is 0.100. The van der Waals surface area contributed by atoms with Crippen molar-refractivity contribution in [2.45, 2.75) is 12.4 Å². The summed E-state index contributed by atoms with van der Waals surface area (Å²) >= 11 is 3.33. The Morgan fingerprint density at radius 3 is 1.43 bits per heavy atom. The SMILES string of the molecule is FC(F)(F)c1ccc2c(c1)c1cc(C(F)(F)F)ccc1[s+]2-c1ccc(Br)cc1. The smallest absolute Gasteiger partial charge is 0.166 e. The Balaban J connectivity index is 2.11. The lowest BCUT2D eigenvalue weighted by atomic mass is 10.1. The van der Waals surface area contributed by atoms with E-state index in [1.165, 1.54) is 12.1 Å². The molecule has 4 rings (SSSR count). The summed E-state index contributed by atoms with van der Waals surface area (Å²) in [4.78, 5) is 0.822. The normalized spacial score (nSPS) is 12.8. The van der Waals surface area contributed by atoms with Crippen LogP contribution in [0.3, 0.4) is 0 Å². The highest BCUT2D eigenvalue weighted by Gasteiger charge is 2.35. The Morgan fingerprint density at radius 1 is 0.607 bits per heavy atom. The first-order chi connectivity index (χ1) is 13.1. The fourth-order valence-corrected chi connectivity index (χ4v) is 5.74. The molecule has 0 N–H and O–H groups in total. The van der Waals surface area contributed by atoms with Crippen molar-refractivity contribution in [3.8, 4) is 4.90 Å². The van der Waals surface area contributed by atoms with Crippen molar-refractivity contribution in [1.82, 2.24) is 0 Å². The lowest BCUT2D eigenvalue weighted by molar-refractivity contribution is -0.138. The van der Waals surface area contributed by atoms with Crippen molar-refractivity contribution < 1.29 is 26.3 Å². The van der Waals surface area contributed by atoms with Crippen LogP contribution < -0.4 is 0 Å². The molecular formula is C20H10BrF6S+. The average molecular weight is 476 g/mol. The van der Waals surface area contributed by atoms with E-state index in [9.17, 15) is 26.3 Å². The summed E-state index contributed by atoms with van der Waals surface area (Å²) in [6, 6.07) is 13.8. The first-order valence-corrected chi connectivity index (χ1v) is 10.0. The number of hydrogen-bond donors (Lipinski definition) is 0. The Kier molecular flexibility index (Phi) is 4.46. The zero-order chi connectivity index (χ0) is 20.3. The standard InChI is InChI=1S/C20H10BrF6S/c21-13-3-5-14(6-4-13)28-17-7-1-11(19(22,23)24)9-15(17)16-10-12(20(25,26)27)2-8-18(16)28/h1-10H/q+1. The molecule has 0 amide bonds.